The van der Waals surface area contributed by atoms with Gasteiger partial charge in [0.2, 0.25) is 5.91 Å². The predicted molar refractivity (Wildman–Crippen MR) is 66.0 cm³/mol. The molecule has 0 bridgehead atoms. The Balaban J connectivity index is 2.58. The van der Waals surface area contributed by atoms with Gasteiger partial charge in [-0.05, 0) is 42.0 Å². The van der Waals surface area contributed by atoms with Crippen molar-refractivity contribution in [3.8, 4) is 0 Å². The third-order valence-corrected chi connectivity index (χ3v) is 2.92. The summed E-state index contributed by atoms with van der Waals surface area (Å²) < 4.78 is 6.11. The summed E-state index contributed by atoms with van der Waals surface area (Å²) in [7, 11) is 5.43. The minimum atomic E-state index is -0.154. The first-order valence-corrected chi connectivity index (χ1v) is 5.86. The maximum absolute atomic E-state index is 11.7. The molecule has 0 saturated heterocycles. The van der Waals surface area contributed by atoms with Crippen molar-refractivity contribution in [2.45, 2.75) is 19.5 Å². The van der Waals surface area contributed by atoms with Crippen LogP contribution < -0.4 is 0 Å². The Bertz CT molecular complexity index is 363. The van der Waals surface area contributed by atoms with E-state index in [9.17, 15) is 4.79 Å². The van der Waals surface area contributed by atoms with Crippen LogP contribution in [0.3, 0.4) is 0 Å². The summed E-state index contributed by atoms with van der Waals surface area (Å²) in [5.74, 6) is 0.931. The predicted octanol–water partition coefficient (Wildman–Crippen LogP) is 1.95. The molecule has 1 aromatic rings. The molecule has 0 aromatic carbocycles. The SMILES string of the molecule is CC(C(=O)N(C)C)N(C)Cc1ccc(Br)o1. The number of carbonyl (C=O) groups excluding carboxylic acids is 1. The molecule has 0 spiro atoms. The number of hydrogen-bond acceptors (Lipinski definition) is 3. The van der Waals surface area contributed by atoms with E-state index in [-0.39, 0.29) is 11.9 Å². The van der Waals surface area contributed by atoms with Crippen LogP contribution in [0.1, 0.15) is 12.7 Å². The molecule has 1 amide bonds. The van der Waals surface area contributed by atoms with Gasteiger partial charge in [0.15, 0.2) is 4.67 Å². The lowest BCUT2D eigenvalue weighted by Gasteiger charge is -2.25. The molecule has 1 unspecified atom stereocenters. The van der Waals surface area contributed by atoms with E-state index in [1.54, 1.807) is 19.0 Å². The summed E-state index contributed by atoms with van der Waals surface area (Å²) >= 11 is 3.25. The molecule has 0 radical (unpaired) electrons. The Kier molecular flexibility index (Phi) is 4.56. The molecule has 16 heavy (non-hydrogen) atoms. The minimum absolute atomic E-state index is 0.0909. The van der Waals surface area contributed by atoms with Crippen LogP contribution in [0.4, 0.5) is 0 Å². The zero-order valence-electron chi connectivity index (χ0n) is 10.0. The van der Waals surface area contributed by atoms with Gasteiger partial charge in [-0.3, -0.25) is 9.69 Å². The molecule has 0 fully saturated rings. The molecule has 5 heteroatoms. The van der Waals surface area contributed by atoms with E-state index in [4.69, 9.17) is 4.42 Å². The highest BCUT2D eigenvalue weighted by Crippen LogP contribution is 2.16. The van der Waals surface area contributed by atoms with Crippen molar-refractivity contribution in [3.05, 3.63) is 22.6 Å². The van der Waals surface area contributed by atoms with Crippen molar-refractivity contribution < 1.29 is 9.21 Å². The lowest BCUT2D eigenvalue weighted by Crippen LogP contribution is -2.42. The van der Waals surface area contributed by atoms with Gasteiger partial charge < -0.3 is 9.32 Å². The highest BCUT2D eigenvalue weighted by atomic mass is 79.9. The Morgan fingerprint density at radius 3 is 2.50 bits per heavy atom. The average Bonchev–Trinajstić information content (AvgIpc) is 2.61. The number of amides is 1. The van der Waals surface area contributed by atoms with Crippen molar-refractivity contribution >= 4 is 21.8 Å². The molecule has 90 valence electrons. The van der Waals surface area contributed by atoms with Gasteiger partial charge in [-0.1, -0.05) is 0 Å². The van der Waals surface area contributed by atoms with Crippen LogP contribution in [0.5, 0.6) is 0 Å². The number of hydrogen-bond donors (Lipinski definition) is 0. The fourth-order valence-corrected chi connectivity index (χ4v) is 1.72. The third kappa shape index (κ3) is 3.35. The van der Waals surface area contributed by atoms with Crippen molar-refractivity contribution in [2.75, 3.05) is 21.1 Å². The number of halogens is 1. The smallest absolute Gasteiger partial charge is 0.239 e. The second kappa shape index (κ2) is 5.50. The van der Waals surface area contributed by atoms with Crippen LogP contribution in [0.15, 0.2) is 21.2 Å². The summed E-state index contributed by atoms with van der Waals surface area (Å²) in [4.78, 5) is 15.3. The van der Waals surface area contributed by atoms with E-state index in [0.717, 1.165) is 5.76 Å². The zero-order chi connectivity index (χ0) is 12.3. The van der Waals surface area contributed by atoms with Crippen molar-refractivity contribution in [1.82, 2.24) is 9.80 Å². The molecule has 4 nitrogen and oxygen atoms in total. The lowest BCUT2D eigenvalue weighted by molar-refractivity contribution is -0.133. The summed E-state index contributed by atoms with van der Waals surface area (Å²) in [5.41, 5.74) is 0. The second-order valence-corrected chi connectivity index (χ2v) is 4.81. The van der Waals surface area contributed by atoms with Crippen LogP contribution >= 0.6 is 15.9 Å². The number of nitrogens with zero attached hydrogens (tertiary/aromatic N) is 2. The first kappa shape index (κ1) is 13.3. The first-order chi connectivity index (χ1) is 7.41. The largest absolute Gasteiger partial charge is 0.453 e. The molecule has 0 saturated carbocycles. The molecule has 1 atom stereocenters. The zero-order valence-corrected chi connectivity index (χ0v) is 11.6. The van der Waals surface area contributed by atoms with Crippen LogP contribution in [-0.4, -0.2) is 42.9 Å². The van der Waals surface area contributed by atoms with Crippen molar-refractivity contribution in [3.63, 3.8) is 0 Å². The fourth-order valence-electron chi connectivity index (χ4n) is 1.38. The molecule has 0 aliphatic carbocycles. The maximum Gasteiger partial charge on any atom is 0.239 e. The fraction of sp³-hybridized carbons (Fsp3) is 0.545. The monoisotopic (exact) mass is 288 g/mol. The highest BCUT2D eigenvalue weighted by molar-refractivity contribution is 9.10. The Labute approximate surface area is 104 Å². The van der Waals surface area contributed by atoms with Gasteiger partial charge in [0.1, 0.15) is 5.76 Å². The Morgan fingerprint density at radius 2 is 2.06 bits per heavy atom. The van der Waals surface area contributed by atoms with Gasteiger partial charge in [0.05, 0.1) is 12.6 Å². The van der Waals surface area contributed by atoms with Gasteiger partial charge >= 0.3 is 0 Å². The molecular weight excluding hydrogens is 272 g/mol. The summed E-state index contributed by atoms with van der Waals surface area (Å²) in [6.45, 7) is 2.51. The highest BCUT2D eigenvalue weighted by Gasteiger charge is 2.20. The second-order valence-electron chi connectivity index (χ2n) is 4.03. The van der Waals surface area contributed by atoms with Crippen molar-refractivity contribution in [2.24, 2.45) is 0 Å². The molecule has 0 aliphatic rings. The summed E-state index contributed by atoms with van der Waals surface area (Å²) in [5, 5.41) is 0. The molecule has 0 aliphatic heterocycles. The van der Waals surface area contributed by atoms with E-state index in [1.165, 1.54) is 0 Å². The number of carbonyl (C=O) groups is 1. The van der Waals surface area contributed by atoms with Crippen LogP contribution in [0, 0.1) is 0 Å². The van der Waals surface area contributed by atoms with E-state index in [2.05, 4.69) is 15.9 Å². The van der Waals surface area contributed by atoms with Gasteiger partial charge in [-0.15, -0.1) is 0 Å². The average molecular weight is 289 g/mol. The molecule has 1 rings (SSSR count). The molecular formula is C11H17BrN2O2. The van der Waals surface area contributed by atoms with E-state index in [1.807, 2.05) is 31.0 Å². The van der Waals surface area contributed by atoms with E-state index in [0.29, 0.717) is 11.2 Å². The summed E-state index contributed by atoms with van der Waals surface area (Å²) in [6, 6.07) is 3.59. The van der Waals surface area contributed by atoms with Gasteiger partial charge in [0.25, 0.3) is 0 Å². The minimum Gasteiger partial charge on any atom is -0.453 e. The maximum atomic E-state index is 11.7. The van der Waals surface area contributed by atoms with Crippen LogP contribution in [-0.2, 0) is 11.3 Å². The van der Waals surface area contributed by atoms with Gasteiger partial charge in [-0.2, -0.15) is 0 Å². The van der Waals surface area contributed by atoms with E-state index < -0.39 is 0 Å². The van der Waals surface area contributed by atoms with E-state index >= 15 is 0 Å². The summed E-state index contributed by atoms with van der Waals surface area (Å²) in [6.07, 6.45) is 0. The topological polar surface area (TPSA) is 36.7 Å². The first-order valence-electron chi connectivity index (χ1n) is 5.07. The molecule has 0 N–H and O–H groups in total. The Morgan fingerprint density at radius 1 is 1.44 bits per heavy atom. The van der Waals surface area contributed by atoms with Crippen LogP contribution in [0.2, 0.25) is 0 Å². The number of likely N-dealkylation sites (N-methyl/N-ethyl adjacent to an activating group) is 2. The Hall–Kier alpha value is -0.810. The standard InChI is InChI=1S/C11H17BrN2O2/c1-8(11(15)13(2)3)14(4)7-9-5-6-10(12)16-9/h5-6,8H,7H2,1-4H3. The quantitative estimate of drug-likeness (QED) is 0.850. The van der Waals surface area contributed by atoms with Crippen LogP contribution in [0.25, 0.3) is 0 Å². The third-order valence-electron chi connectivity index (χ3n) is 2.49. The van der Waals surface area contributed by atoms with Gasteiger partial charge in [-0.25, -0.2) is 0 Å². The van der Waals surface area contributed by atoms with Gasteiger partial charge in [0, 0.05) is 14.1 Å². The molecule has 1 heterocycles. The van der Waals surface area contributed by atoms with Crippen molar-refractivity contribution in [1.29, 1.82) is 0 Å². The normalized spacial score (nSPS) is 12.9. The molecule has 1 aromatic heterocycles. The lowest BCUT2D eigenvalue weighted by atomic mass is 10.2. The number of furan rings is 1. The number of rotatable bonds is 4.